The summed E-state index contributed by atoms with van der Waals surface area (Å²) in [4.78, 5) is 0. The summed E-state index contributed by atoms with van der Waals surface area (Å²) in [5.74, 6) is 3.93. The minimum absolute atomic E-state index is 0.0410. The average Bonchev–Trinajstić information content (AvgIpc) is 3.48. The van der Waals surface area contributed by atoms with Crippen LogP contribution in [0.4, 0.5) is 0 Å². The number of fused-ring (bicyclic) bond motifs is 2. The van der Waals surface area contributed by atoms with E-state index in [-0.39, 0.29) is 30.8 Å². The molecule has 0 saturated carbocycles. The van der Waals surface area contributed by atoms with Crippen molar-refractivity contribution >= 4 is 0 Å². The minimum Gasteiger partial charge on any atom is -0.493 e. The Morgan fingerprint density at radius 2 is 1.38 bits per heavy atom. The van der Waals surface area contributed by atoms with Crippen molar-refractivity contribution in [2.45, 2.75) is 12.2 Å². The van der Waals surface area contributed by atoms with Crippen LogP contribution in [0.1, 0.15) is 23.3 Å². The lowest BCUT2D eigenvalue weighted by Gasteiger charge is -2.18. The molecule has 0 unspecified atom stereocenters. The Morgan fingerprint density at radius 1 is 0.724 bits per heavy atom. The summed E-state index contributed by atoms with van der Waals surface area (Å²) < 4.78 is 39.8. The molecule has 7 nitrogen and oxygen atoms in total. The van der Waals surface area contributed by atoms with E-state index in [0.717, 1.165) is 11.1 Å². The van der Waals surface area contributed by atoms with Crippen molar-refractivity contribution in [2.75, 3.05) is 41.3 Å². The van der Waals surface area contributed by atoms with Gasteiger partial charge in [-0.2, -0.15) is 0 Å². The Morgan fingerprint density at radius 3 is 2.07 bits per heavy atom. The first-order valence-corrected chi connectivity index (χ1v) is 9.66. The average molecular weight is 400 g/mol. The summed E-state index contributed by atoms with van der Waals surface area (Å²) in [6.07, 6.45) is -0.116. The van der Waals surface area contributed by atoms with Gasteiger partial charge in [0, 0.05) is 11.8 Å². The Balaban J connectivity index is 1.41. The summed E-state index contributed by atoms with van der Waals surface area (Å²) in [5.41, 5.74) is 2.10. The fourth-order valence-electron chi connectivity index (χ4n) is 4.58. The quantitative estimate of drug-likeness (QED) is 0.761. The molecule has 7 heteroatoms. The van der Waals surface area contributed by atoms with Gasteiger partial charge in [-0.3, -0.25) is 0 Å². The molecule has 29 heavy (non-hydrogen) atoms. The van der Waals surface area contributed by atoms with Gasteiger partial charge in [-0.05, 0) is 35.4 Å². The predicted octanol–water partition coefficient (Wildman–Crippen LogP) is 3.52. The maximum absolute atomic E-state index is 6.23. The third-order valence-electron chi connectivity index (χ3n) is 6.01. The zero-order chi connectivity index (χ0) is 20.0. The first-order valence-electron chi connectivity index (χ1n) is 9.66. The highest BCUT2D eigenvalue weighted by molar-refractivity contribution is 5.55. The molecule has 0 amide bonds. The Bertz CT molecular complexity index is 912. The molecule has 0 N–H and O–H groups in total. The van der Waals surface area contributed by atoms with E-state index in [1.54, 1.807) is 21.3 Å². The van der Waals surface area contributed by atoms with Crippen molar-refractivity contribution in [3.63, 3.8) is 0 Å². The summed E-state index contributed by atoms with van der Waals surface area (Å²) in [6, 6.07) is 9.90. The van der Waals surface area contributed by atoms with E-state index >= 15 is 0 Å². The van der Waals surface area contributed by atoms with Crippen molar-refractivity contribution in [3.8, 4) is 28.7 Å². The van der Waals surface area contributed by atoms with Crippen LogP contribution in [0.2, 0.25) is 0 Å². The number of methoxy groups -OCH3 is 3. The van der Waals surface area contributed by atoms with Crippen LogP contribution in [0.25, 0.3) is 0 Å². The third kappa shape index (κ3) is 2.96. The molecule has 2 aromatic carbocycles. The lowest BCUT2D eigenvalue weighted by atomic mass is 9.85. The summed E-state index contributed by atoms with van der Waals surface area (Å²) in [5, 5.41) is 0. The molecule has 3 heterocycles. The Hall–Kier alpha value is -2.64. The molecule has 2 aromatic rings. The summed E-state index contributed by atoms with van der Waals surface area (Å²) in [7, 11) is 4.90. The Labute approximate surface area is 169 Å². The normalized spacial score (nSPS) is 27.0. The van der Waals surface area contributed by atoms with E-state index in [9.17, 15) is 0 Å². The van der Waals surface area contributed by atoms with Gasteiger partial charge < -0.3 is 33.2 Å². The van der Waals surface area contributed by atoms with Crippen LogP contribution in [0.3, 0.4) is 0 Å². The third-order valence-corrected chi connectivity index (χ3v) is 6.01. The molecule has 0 aromatic heterocycles. The van der Waals surface area contributed by atoms with Gasteiger partial charge in [-0.15, -0.1) is 0 Å². The number of benzene rings is 2. The molecule has 4 atom stereocenters. The van der Waals surface area contributed by atoms with Gasteiger partial charge in [0.25, 0.3) is 0 Å². The van der Waals surface area contributed by atoms with E-state index in [4.69, 9.17) is 33.2 Å². The zero-order valence-corrected chi connectivity index (χ0v) is 16.7. The van der Waals surface area contributed by atoms with Gasteiger partial charge in [0.15, 0.2) is 23.0 Å². The van der Waals surface area contributed by atoms with E-state index < -0.39 is 0 Å². The number of ether oxygens (including phenoxy) is 7. The van der Waals surface area contributed by atoms with Crippen molar-refractivity contribution in [3.05, 3.63) is 41.5 Å². The Kier molecular flexibility index (Phi) is 4.64. The standard InChI is InChI=1S/C22H24O7/c1-23-16-5-4-12(6-17(16)24-2)20-14-9-27-21(15(14)10-26-20)13-7-18(25-3)22-19(8-13)28-11-29-22/h4-8,14-15,20-21H,9-11H2,1-3H3/t14-,15+,20-,21-/m1/s1. The highest BCUT2D eigenvalue weighted by Crippen LogP contribution is 2.53. The van der Waals surface area contributed by atoms with Crippen molar-refractivity contribution in [1.29, 1.82) is 0 Å². The van der Waals surface area contributed by atoms with Gasteiger partial charge in [-0.25, -0.2) is 0 Å². The van der Waals surface area contributed by atoms with Crippen LogP contribution in [0.15, 0.2) is 30.3 Å². The molecule has 0 bridgehead atoms. The molecule has 3 aliphatic heterocycles. The van der Waals surface area contributed by atoms with Crippen molar-refractivity contribution < 1.29 is 33.2 Å². The van der Waals surface area contributed by atoms with Crippen LogP contribution >= 0.6 is 0 Å². The molecule has 0 aliphatic carbocycles. The number of hydrogen-bond donors (Lipinski definition) is 0. The number of hydrogen-bond acceptors (Lipinski definition) is 7. The largest absolute Gasteiger partial charge is 0.493 e. The van der Waals surface area contributed by atoms with Crippen LogP contribution in [0, 0.1) is 11.8 Å². The van der Waals surface area contributed by atoms with Gasteiger partial charge in [0.2, 0.25) is 12.5 Å². The molecule has 3 aliphatic rings. The summed E-state index contributed by atoms with van der Waals surface area (Å²) >= 11 is 0. The molecule has 5 rings (SSSR count). The minimum atomic E-state index is -0.0754. The highest BCUT2D eigenvalue weighted by Gasteiger charge is 2.48. The van der Waals surface area contributed by atoms with Gasteiger partial charge in [-0.1, -0.05) is 6.07 Å². The molecule has 0 radical (unpaired) electrons. The topological polar surface area (TPSA) is 64.6 Å². The fraction of sp³-hybridized carbons (Fsp3) is 0.455. The maximum Gasteiger partial charge on any atom is 0.231 e. The van der Waals surface area contributed by atoms with Crippen LogP contribution in [0.5, 0.6) is 28.7 Å². The SMILES string of the molecule is COc1ccc([C@H]2OC[C@H]3[C@H]2CO[C@@H]3c2cc(OC)c3c(c2)OCO3)cc1OC. The van der Waals surface area contributed by atoms with E-state index in [1.807, 2.05) is 30.3 Å². The zero-order valence-electron chi connectivity index (χ0n) is 16.7. The van der Waals surface area contributed by atoms with Crippen molar-refractivity contribution in [2.24, 2.45) is 11.8 Å². The first-order chi connectivity index (χ1) is 14.2. The van der Waals surface area contributed by atoms with E-state index in [0.29, 0.717) is 42.0 Å². The molecule has 0 spiro atoms. The van der Waals surface area contributed by atoms with Crippen LogP contribution < -0.4 is 23.7 Å². The predicted molar refractivity (Wildman–Crippen MR) is 103 cm³/mol. The molecular formula is C22H24O7. The van der Waals surface area contributed by atoms with Gasteiger partial charge in [0.05, 0.1) is 46.8 Å². The second kappa shape index (κ2) is 7.31. The fourth-order valence-corrected chi connectivity index (χ4v) is 4.58. The van der Waals surface area contributed by atoms with E-state index in [1.165, 1.54) is 0 Å². The van der Waals surface area contributed by atoms with Gasteiger partial charge in [0.1, 0.15) is 0 Å². The van der Waals surface area contributed by atoms with E-state index in [2.05, 4.69) is 0 Å². The van der Waals surface area contributed by atoms with Crippen molar-refractivity contribution in [1.82, 2.24) is 0 Å². The molecular weight excluding hydrogens is 376 g/mol. The first kappa shape index (κ1) is 18.4. The lowest BCUT2D eigenvalue weighted by molar-refractivity contribution is 0.0191. The second-order valence-corrected chi connectivity index (χ2v) is 7.41. The molecule has 2 fully saturated rings. The van der Waals surface area contributed by atoms with Crippen LogP contribution in [-0.2, 0) is 9.47 Å². The van der Waals surface area contributed by atoms with Gasteiger partial charge >= 0.3 is 0 Å². The smallest absolute Gasteiger partial charge is 0.231 e. The molecule has 2 saturated heterocycles. The lowest BCUT2D eigenvalue weighted by Crippen LogP contribution is -2.14. The molecule has 154 valence electrons. The highest BCUT2D eigenvalue weighted by atomic mass is 16.7. The monoisotopic (exact) mass is 400 g/mol. The second-order valence-electron chi connectivity index (χ2n) is 7.41. The van der Waals surface area contributed by atoms with Crippen LogP contribution in [-0.4, -0.2) is 41.3 Å². The number of rotatable bonds is 5. The summed E-state index contributed by atoms with van der Waals surface area (Å²) in [6.45, 7) is 1.47. The maximum atomic E-state index is 6.23.